The van der Waals surface area contributed by atoms with Gasteiger partial charge in [-0.05, 0) is 50.1 Å². The minimum atomic E-state index is -0.581. The third kappa shape index (κ3) is 6.41. The molecule has 0 fully saturated rings. The predicted molar refractivity (Wildman–Crippen MR) is 145 cm³/mol. The molecule has 0 aliphatic carbocycles. The highest BCUT2D eigenvalue weighted by Gasteiger charge is 2.16. The van der Waals surface area contributed by atoms with E-state index in [0.29, 0.717) is 29.6 Å². The van der Waals surface area contributed by atoms with Crippen molar-refractivity contribution in [2.75, 3.05) is 5.32 Å². The lowest BCUT2D eigenvalue weighted by molar-refractivity contribution is -0.121. The number of aryl methyl sites for hydroxylation is 2. The molecule has 4 rings (SSSR count). The normalized spacial score (nSPS) is 10.9. The smallest absolute Gasteiger partial charge is 0.331 e. The van der Waals surface area contributed by atoms with Gasteiger partial charge < -0.3 is 10.6 Å². The number of nitrogens with zero attached hydrogens (tertiary/aromatic N) is 2. The van der Waals surface area contributed by atoms with Crippen molar-refractivity contribution in [1.82, 2.24) is 14.5 Å². The Bertz CT molecular complexity index is 1530. The van der Waals surface area contributed by atoms with Crippen molar-refractivity contribution in [3.05, 3.63) is 110 Å². The van der Waals surface area contributed by atoms with Crippen LogP contribution >= 0.6 is 0 Å². The van der Waals surface area contributed by atoms with Crippen LogP contribution < -0.4 is 21.9 Å². The molecular formula is C29H30N4O4. The number of carbonyl (C=O) groups is 2. The summed E-state index contributed by atoms with van der Waals surface area (Å²) in [7, 11) is 0. The summed E-state index contributed by atoms with van der Waals surface area (Å²) in [5.41, 5.74) is 3.21. The van der Waals surface area contributed by atoms with Gasteiger partial charge in [-0.1, -0.05) is 59.7 Å². The van der Waals surface area contributed by atoms with Gasteiger partial charge in [0.15, 0.2) is 0 Å². The summed E-state index contributed by atoms with van der Waals surface area (Å²) in [5, 5.41) is 6.00. The van der Waals surface area contributed by atoms with Crippen molar-refractivity contribution < 1.29 is 9.59 Å². The zero-order valence-corrected chi connectivity index (χ0v) is 21.0. The highest BCUT2D eigenvalue weighted by molar-refractivity contribution is 5.91. The molecule has 0 atom stereocenters. The topological polar surface area (TPSA) is 102 Å². The summed E-state index contributed by atoms with van der Waals surface area (Å²) in [6.45, 7) is 4.19. The molecule has 1 heterocycles. The Kier molecular flexibility index (Phi) is 7.98. The van der Waals surface area contributed by atoms with Crippen molar-refractivity contribution >= 4 is 28.4 Å². The summed E-state index contributed by atoms with van der Waals surface area (Å²) in [5.74, 6) is -0.538. The summed E-state index contributed by atoms with van der Waals surface area (Å²) in [4.78, 5) is 51.5. The molecule has 0 spiro atoms. The lowest BCUT2D eigenvalue weighted by atomic mass is 10.1. The van der Waals surface area contributed by atoms with Crippen LogP contribution in [0.3, 0.4) is 0 Å². The fraction of sp³-hybridized carbons (Fsp3) is 0.241. The minimum Gasteiger partial charge on any atom is -0.352 e. The monoisotopic (exact) mass is 498 g/mol. The van der Waals surface area contributed by atoms with E-state index in [1.807, 2.05) is 50.2 Å². The number of hydrogen-bond donors (Lipinski definition) is 2. The number of carbonyl (C=O) groups excluding carboxylic acids is 2. The molecule has 0 bridgehead atoms. The van der Waals surface area contributed by atoms with E-state index in [1.54, 1.807) is 36.4 Å². The van der Waals surface area contributed by atoms with E-state index in [0.717, 1.165) is 21.3 Å². The summed E-state index contributed by atoms with van der Waals surface area (Å²) in [6, 6.07) is 22.0. The van der Waals surface area contributed by atoms with Crippen molar-refractivity contribution in [3.8, 4) is 0 Å². The van der Waals surface area contributed by atoms with E-state index >= 15 is 0 Å². The third-order valence-electron chi connectivity index (χ3n) is 6.17. The molecule has 0 saturated heterocycles. The number of rotatable bonds is 9. The Morgan fingerprint density at radius 2 is 1.43 bits per heavy atom. The van der Waals surface area contributed by atoms with Gasteiger partial charge in [-0.3, -0.25) is 23.5 Å². The molecule has 190 valence electrons. The van der Waals surface area contributed by atoms with Gasteiger partial charge in [0.25, 0.3) is 5.56 Å². The van der Waals surface area contributed by atoms with Crippen LogP contribution in [0.15, 0.2) is 82.4 Å². The molecule has 0 saturated carbocycles. The van der Waals surface area contributed by atoms with Crippen LogP contribution in [-0.2, 0) is 29.2 Å². The van der Waals surface area contributed by atoms with Gasteiger partial charge in [0.2, 0.25) is 11.8 Å². The molecule has 1 aromatic heterocycles. The maximum Gasteiger partial charge on any atom is 0.331 e. The van der Waals surface area contributed by atoms with E-state index in [4.69, 9.17) is 0 Å². The first-order valence-corrected chi connectivity index (χ1v) is 12.2. The highest BCUT2D eigenvalue weighted by atomic mass is 16.2. The maximum atomic E-state index is 13.3. The fourth-order valence-corrected chi connectivity index (χ4v) is 4.09. The second kappa shape index (κ2) is 11.5. The van der Waals surface area contributed by atoms with Crippen molar-refractivity contribution in [2.45, 2.75) is 46.3 Å². The Hall–Kier alpha value is -4.46. The molecule has 0 aliphatic rings. The van der Waals surface area contributed by atoms with E-state index in [9.17, 15) is 19.2 Å². The number of hydrogen-bond acceptors (Lipinski definition) is 4. The third-order valence-corrected chi connectivity index (χ3v) is 6.17. The van der Waals surface area contributed by atoms with Gasteiger partial charge in [0, 0.05) is 25.2 Å². The molecule has 0 radical (unpaired) electrons. The van der Waals surface area contributed by atoms with Crippen LogP contribution in [-0.4, -0.2) is 20.9 Å². The molecule has 4 aromatic rings. The quantitative estimate of drug-likeness (QED) is 0.369. The Morgan fingerprint density at radius 3 is 2.14 bits per heavy atom. The molecule has 37 heavy (non-hydrogen) atoms. The average molecular weight is 499 g/mol. The maximum absolute atomic E-state index is 13.3. The number of benzene rings is 3. The molecule has 8 nitrogen and oxygen atoms in total. The zero-order valence-electron chi connectivity index (χ0n) is 21.0. The molecule has 2 amide bonds. The van der Waals surface area contributed by atoms with Crippen LogP contribution in [0.1, 0.15) is 29.5 Å². The largest absolute Gasteiger partial charge is 0.352 e. The van der Waals surface area contributed by atoms with Crippen LogP contribution in [0, 0.1) is 13.8 Å². The van der Waals surface area contributed by atoms with Crippen molar-refractivity contribution in [1.29, 1.82) is 0 Å². The van der Waals surface area contributed by atoms with Gasteiger partial charge >= 0.3 is 5.69 Å². The molecule has 2 N–H and O–H groups in total. The van der Waals surface area contributed by atoms with Gasteiger partial charge in [-0.15, -0.1) is 0 Å². The second-order valence-corrected chi connectivity index (χ2v) is 9.12. The van der Waals surface area contributed by atoms with Crippen molar-refractivity contribution in [2.24, 2.45) is 0 Å². The SMILES string of the molecule is Cc1ccc(CNC(=O)CCCn2c(=O)c3ccccc3n(CC(=O)Nc3ccc(C)cc3)c2=O)cc1. The Morgan fingerprint density at radius 1 is 0.784 bits per heavy atom. The first-order valence-electron chi connectivity index (χ1n) is 12.2. The second-order valence-electron chi connectivity index (χ2n) is 9.12. The molecular weight excluding hydrogens is 468 g/mol. The van der Waals surface area contributed by atoms with Gasteiger partial charge in [-0.2, -0.15) is 0 Å². The Balaban J connectivity index is 1.47. The first-order chi connectivity index (χ1) is 17.8. The van der Waals surface area contributed by atoms with Crippen LogP contribution in [0.25, 0.3) is 10.9 Å². The summed E-state index contributed by atoms with van der Waals surface area (Å²) < 4.78 is 2.41. The molecule has 0 aliphatic heterocycles. The number of fused-ring (bicyclic) bond motifs is 1. The van der Waals surface area contributed by atoms with Crippen molar-refractivity contribution in [3.63, 3.8) is 0 Å². The lowest BCUT2D eigenvalue weighted by Crippen LogP contribution is -2.42. The average Bonchev–Trinajstić information content (AvgIpc) is 2.89. The Labute approximate surface area is 214 Å². The van der Waals surface area contributed by atoms with Crippen LogP contribution in [0.2, 0.25) is 0 Å². The van der Waals surface area contributed by atoms with Gasteiger partial charge in [0.1, 0.15) is 6.54 Å². The number of para-hydroxylation sites is 1. The number of aromatic nitrogens is 2. The molecule has 3 aromatic carbocycles. The lowest BCUT2D eigenvalue weighted by Gasteiger charge is -2.14. The summed E-state index contributed by atoms with van der Waals surface area (Å²) >= 11 is 0. The standard InChI is InChI=1S/C29H30N4O4/c1-20-9-13-22(14-10-20)18-30-26(34)8-5-17-32-28(36)24-6-3-4-7-25(24)33(29(32)37)19-27(35)31-23-15-11-21(2)12-16-23/h3-4,6-7,9-16H,5,8,17-19H2,1-2H3,(H,30,34)(H,31,35). The van der Waals surface area contributed by atoms with Gasteiger partial charge in [0.05, 0.1) is 10.9 Å². The minimum absolute atomic E-state index is 0.0695. The van der Waals surface area contributed by atoms with Gasteiger partial charge in [-0.25, -0.2) is 4.79 Å². The van der Waals surface area contributed by atoms with Crippen LogP contribution in [0.4, 0.5) is 5.69 Å². The predicted octanol–water partition coefficient (Wildman–Crippen LogP) is 3.52. The van der Waals surface area contributed by atoms with E-state index < -0.39 is 11.2 Å². The number of nitrogens with one attached hydrogen (secondary N) is 2. The van der Waals surface area contributed by atoms with E-state index in [1.165, 1.54) is 4.57 Å². The van der Waals surface area contributed by atoms with E-state index in [2.05, 4.69) is 10.6 Å². The number of amides is 2. The zero-order chi connectivity index (χ0) is 26.4. The highest BCUT2D eigenvalue weighted by Crippen LogP contribution is 2.11. The number of anilines is 1. The molecule has 8 heteroatoms. The van der Waals surface area contributed by atoms with Crippen LogP contribution in [0.5, 0.6) is 0 Å². The first kappa shape index (κ1) is 25.6. The summed E-state index contributed by atoms with van der Waals surface area (Å²) in [6.07, 6.45) is 0.473. The fourth-order valence-electron chi connectivity index (χ4n) is 4.09. The van der Waals surface area contributed by atoms with E-state index in [-0.39, 0.29) is 31.3 Å². The molecule has 0 unspecified atom stereocenters.